The van der Waals surface area contributed by atoms with Crippen LogP contribution in [0.4, 0.5) is 10.1 Å². The minimum atomic E-state index is -2.10. The normalized spacial score (nSPS) is 13.6. The van der Waals surface area contributed by atoms with Crippen molar-refractivity contribution in [1.29, 1.82) is 0 Å². The van der Waals surface area contributed by atoms with E-state index in [0.717, 1.165) is 5.69 Å². The van der Waals surface area contributed by atoms with Crippen LogP contribution in [0.3, 0.4) is 0 Å². The SMILES string of the molecule is Cc1cc(-n2nc(OCC(F)CO[Si](C)(C)C(C)(C)C)c([N+](=O)[O-])c2Br)n(C)n1. The highest BCUT2D eigenvalue weighted by Gasteiger charge is 2.38. The van der Waals surface area contributed by atoms with E-state index in [-0.39, 0.29) is 27.8 Å². The first-order valence-corrected chi connectivity index (χ1v) is 12.8. The minimum Gasteiger partial charge on any atom is -0.469 e. The molecular formula is C17H27BrFN5O4Si. The van der Waals surface area contributed by atoms with Gasteiger partial charge >= 0.3 is 11.6 Å². The number of aromatic nitrogens is 4. The number of nitro groups is 1. The second-order valence-corrected chi connectivity index (χ2v) is 13.9. The first-order valence-electron chi connectivity index (χ1n) is 9.09. The Balaban J connectivity index is 2.15. The quantitative estimate of drug-likeness (QED) is 0.309. The van der Waals surface area contributed by atoms with Crippen LogP contribution in [-0.2, 0) is 11.5 Å². The number of ether oxygens (including phenoxy) is 1. The highest BCUT2D eigenvalue weighted by atomic mass is 79.9. The molecule has 0 N–H and O–H groups in total. The number of hydrogen-bond acceptors (Lipinski definition) is 6. The molecule has 2 heterocycles. The summed E-state index contributed by atoms with van der Waals surface area (Å²) >= 11 is 3.19. The summed E-state index contributed by atoms with van der Waals surface area (Å²) in [5, 5.41) is 19.8. The Kier molecular flexibility index (Phi) is 6.90. The molecule has 0 aliphatic heterocycles. The second-order valence-electron chi connectivity index (χ2n) is 8.36. The Morgan fingerprint density at radius 3 is 2.45 bits per heavy atom. The van der Waals surface area contributed by atoms with Crippen molar-refractivity contribution in [3.63, 3.8) is 0 Å². The summed E-state index contributed by atoms with van der Waals surface area (Å²) in [5.74, 6) is 0.237. The van der Waals surface area contributed by atoms with Gasteiger partial charge in [-0.15, -0.1) is 5.10 Å². The van der Waals surface area contributed by atoms with E-state index < -0.39 is 26.0 Å². The van der Waals surface area contributed by atoms with Crippen molar-refractivity contribution in [1.82, 2.24) is 19.6 Å². The summed E-state index contributed by atoms with van der Waals surface area (Å²) in [7, 11) is -0.405. The maximum absolute atomic E-state index is 14.4. The van der Waals surface area contributed by atoms with Gasteiger partial charge in [0.2, 0.25) is 0 Å². The average molecular weight is 492 g/mol. The van der Waals surface area contributed by atoms with Crippen LogP contribution in [-0.4, -0.2) is 52.2 Å². The van der Waals surface area contributed by atoms with Crippen molar-refractivity contribution < 1.29 is 18.5 Å². The molecule has 0 saturated heterocycles. The number of alkyl halides is 1. The third-order valence-corrected chi connectivity index (χ3v) is 10.2. The lowest BCUT2D eigenvalue weighted by atomic mass is 10.2. The van der Waals surface area contributed by atoms with Crippen LogP contribution in [0.1, 0.15) is 26.5 Å². The zero-order chi connectivity index (χ0) is 22.1. The van der Waals surface area contributed by atoms with Crippen molar-refractivity contribution in [3.05, 3.63) is 26.5 Å². The van der Waals surface area contributed by atoms with E-state index in [1.807, 2.05) is 13.1 Å². The van der Waals surface area contributed by atoms with E-state index >= 15 is 0 Å². The second kappa shape index (κ2) is 8.52. The number of rotatable bonds is 8. The monoisotopic (exact) mass is 491 g/mol. The van der Waals surface area contributed by atoms with Gasteiger partial charge in [0.15, 0.2) is 24.9 Å². The van der Waals surface area contributed by atoms with Gasteiger partial charge in [0.05, 0.1) is 17.2 Å². The van der Waals surface area contributed by atoms with Crippen LogP contribution in [0.5, 0.6) is 5.88 Å². The molecule has 0 amide bonds. The molecule has 0 aliphatic carbocycles. The molecule has 2 aromatic rings. The fraction of sp³-hybridized carbons (Fsp3) is 0.647. The molecule has 0 aromatic carbocycles. The highest BCUT2D eigenvalue weighted by molar-refractivity contribution is 9.10. The Bertz CT molecular complexity index is 893. The lowest BCUT2D eigenvalue weighted by molar-refractivity contribution is -0.386. The maximum Gasteiger partial charge on any atom is 0.364 e. The lowest BCUT2D eigenvalue weighted by Crippen LogP contribution is -2.42. The fourth-order valence-corrected chi connectivity index (χ4v) is 3.91. The fourth-order valence-electron chi connectivity index (χ4n) is 2.30. The standard InChI is InChI=1S/C17H27BrFN5O4Si/c1-11-8-13(22(5)20-11)23-15(18)14(24(25)26)16(21-23)27-9-12(19)10-28-29(6,7)17(2,3)4/h8,12H,9-10H2,1-7H3. The number of nitrogens with zero attached hydrogens (tertiary/aromatic N) is 5. The lowest BCUT2D eigenvalue weighted by Gasteiger charge is -2.36. The largest absolute Gasteiger partial charge is 0.469 e. The molecule has 0 aliphatic rings. The third-order valence-electron chi connectivity index (χ3n) is 4.98. The van der Waals surface area contributed by atoms with Crippen molar-refractivity contribution >= 4 is 29.9 Å². The summed E-state index contributed by atoms with van der Waals surface area (Å²) in [6, 6.07) is 1.72. The summed E-state index contributed by atoms with van der Waals surface area (Å²) in [6.07, 6.45) is -1.44. The zero-order valence-corrected chi connectivity index (χ0v) is 20.3. The van der Waals surface area contributed by atoms with Gasteiger partial charge in [-0.2, -0.15) is 9.78 Å². The molecule has 1 atom stereocenters. The van der Waals surface area contributed by atoms with Gasteiger partial charge in [0.1, 0.15) is 6.61 Å². The van der Waals surface area contributed by atoms with Gasteiger partial charge in [0, 0.05) is 13.1 Å². The van der Waals surface area contributed by atoms with E-state index in [4.69, 9.17) is 9.16 Å². The molecule has 0 saturated carbocycles. The van der Waals surface area contributed by atoms with Crippen molar-refractivity contribution in [2.75, 3.05) is 13.2 Å². The summed E-state index contributed by atoms with van der Waals surface area (Å²) in [6.45, 7) is 11.5. The first kappa shape index (κ1) is 23.5. The van der Waals surface area contributed by atoms with Crippen molar-refractivity contribution in [2.24, 2.45) is 7.05 Å². The molecule has 29 heavy (non-hydrogen) atoms. The Morgan fingerprint density at radius 1 is 1.34 bits per heavy atom. The Morgan fingerprint density at radius 2 is 1.97 bits per heavy atom. The predicted molar refractivity (Wildman–Crippen MR) is 113 cm³/mol. The molecule has 0 spiro atoms. The molecule has 0 bridgehead atoms. The summed E-state index contributed by atoms with van der Waals surface area (Å²) in [5.41, 5.74) is 0.350. The van der Waals surface area contributed by atoms with Gasteiger partial charge < -0.3 is 9.16 Å². The van der Waals surface area contributed by atoms with Crippen LogP contribution in [0.15, 0.2) is 10.7 Å². The molecule has 162 valence electrons. The molecule has 9 nitrogen and oxygen atoms in total. The van der Waals surface area contributed by atoms with Crippen molar-refractivity contribution in [2.45, 2.75) is 52.0 Å². The topological polar surface area (TPSA) is 97.2 Å². The molecule has 1 unspecified atom stereocenters. The summed E-state index contributed by atoms with van der Waals surface area (Å²) in [4.78, 5) is 10.9. The minimum absolute atomic E-state index is 0.0444. The van der Waals surface area contributed by atoms with Crippen molar-refractivity contribution in [3.8, 4) is 11.7 Å². The Hall–Kier alpha value is -1.79. The number of halogens is 2. The highest BCUT2D eigenvalue weighted by Crippen LogP contribution is 2.37. The van der Waals surface area contributed by atoms with Crippen LogP contribution < -0.4 is 4.74 Å². The van der Waals surface area contributed by atoms with Gasteiger partial charge in [-0.3, -0.25) is 14.8 Å². The van der Waals surface area contributed by atoms with Gasteiger partial charge in [0.25, 0.3) is 0 Å². The third kappa shape index (κ3) is 5.23. The van der Waals surface area contributed by atoms with E-state index in [1.54, 1.807) is 20.0 Å². The first-order chi connectivity index (χ1) is 13.2. The van der Waals surface area contributed by atoms with E-state index in [1.165, 1.54) is 9.36 Å². The number of aryl methyl sites for hydroxylation is 2. The molecule has 2 aromatic heterocycles. The molecule has 0 radical (unpaired) electrons. The van der Waals surface area contributed by atoms with E-state index in [2.05, 4.69) is 46.9 Å². The van der Waals surface area contributed by atoms with Crippen LogP contribution >= 0.6 is 15.9 Å². The molecule has 2 rings (SSSR count). The maximum atomic E-state index is 14.4. The van der Waals surface area contributed by atoms with E-state index in [0.29, 0.717) is 5.82 Å². The summed E-state index contributed by atoms with van der Waals surface area (Å²) < 4.78 is 28.5. The Labute approximate surface area is 178 Å². The predicted octanol–water partition coefficient (Wildman–Crippen LogP) is 4.32. The van der Waals surface area contributed by atoms with Gasteiger partial charge in [-0.05, 0) is 41.0 Å². The van der Waals surface area contributed by atoms with E-state index in [9.17, 15) is 14.5 Å². The number of hydrogen-bond donors (Lipinski definition) is 0. The van der Waals surface area contributed by atoms with Crippen LogP contribution in [0.25, 0.3) is 5.82 Å². The van der Waals surface area contributed by atoms with Gasteiger partial charge in [-0.25, -0.2) is 4.39 Å². The molecule has 12 heteroatoms. The van der Waals surface area contributed by atoms with Gasteiger partial charge in [-0.1, -0.05) is 20.8 Å². The smallest absolute Gasteiger partial charge is 0.364 e. The average Bonchev–Trinajstić information content (AvgIpc) is 3.08. The molecule has 0 fully saturated rings. The van der Waals surface area contributed by atoms with Crippen LogP contribution in [0.2, 0.25) is 18.1 Å². The van der Waals surface area contributed by atoms with Crippen LogP contribution in [0, 0.1) is 17.0 Å². The zero-order valence-electron chi connectivity index (χ0n) is 17.7. The molecular weight excluding hydrogens is 465 g/mol.